The van der Waals surface area contributed by atoms with Crippen LogP contribution < -0.4 is 10.0 Å². The Hall–Kier alpha value is -2.30. The fourth-order valence-electron chi connectivity index (χ4n) is 2.16. The molecule has 0 fully saturated rings. The number of halogens is 1. The van der Waals surface area contributed by atoms with E-state index in [0.717, 1.165) is 10.0 Å². The Balaban J connectivity index is 1.70. The zero-order valence-electron chi connectivity index (χ0n) is 13.0. The molecular weight excluding hydrogens is 412 g/mol. The zero-order valence-corrected chi connectivity index (χ0v) is 15.4. The van der Waals surface area contributed by atoms with E-state index in [9.17, 15) is 13.2 Å². The lowest BCUT2D eigenvalue weighted by Gasteiger charge is -2.09. The van der Waals surface area contributed by atoms with Gasteiger partial charge in [0.1, 0.15) is 10.4 Å². The summed E-state index contributed by atoms with van der Waals surface area (Å²) in [4.78, 5) is 11.9. The minimum atomic E-state index is -3.94. The first kappa shape index (κ1) is 17.5. The lowest BCUT2D eigenvalue weighted by atomic mass is 10.2. The van der Waals surface area contributed by atoms with E-state index in [4.69, 9.17) is 0 Å². The Bertz CT molecular complexity index is 1050. The molecule has 0 saturated carbocycles. The number of amides is 1. The number of nitrogens with zero attached hydrogens (tertiary/aromatic N) is 2. The first-order valence-corrected chi connectivity index (χ1v) is 9.41. The van der Waals surface area contributed by atoms with E-state index in [2.05, 4.69) is 40.9 Å². The Morgan fingerprint density at radius 2 is 2.04 bits per heavy atom. The van der Waals surface area contributed by atoms with Gasteiger partial charge >= 0.3 is 0 Å². The molecule has 0 unspecified atom stereocenters. The highest BCUT2D eigenvalue weighted by atomic mass is 79.9. The average molecular weight is 425 g/mol. The predicted octanol–water partition coefficient (Wildman–Crippen LogP) is 2.21. The van der Waals surface area contributed by atoms with Gasteiger partial charge in [-0.3, -0.25) is 4.79 Å². The molecule has 2 N–H and O–H groups in total. The van der Waals surface area contributed by atoms with Crippen molar-refractivity contribution in [2.24, 2.45) is 0 Å². The maximum Gasteiger partial charge on any atom is 0.243 e. The Labute approximate surface area is 151 Å². The summed E-state index contributed by atoms with van der Waals surface area (Å²) in [5.41, 5.74) is 1.95. The monoisotopic (exact) mass is 424 g/mol. The van der Waals surface area contributed by atoms with Gasteiger partial charge in [-0.25, -0.2) is 17.8 Å². The van der Waals surface area contributed by atoms with E-state index >= 15 is 0 Å². The van der Waals surface area contributed by atoms with E-state index < -0.39 is 22.5 Å². The average Bonchev–Trinajstić information content (AvgIpc) is 3.05. The van der Waals surface area contributed by atoms with Crippen LogP contribution in [0.25, 0.3) is 11.0 Å². The quantitative estimate of drug-likeness (QED) is 0.648. The minimum absolute atomic E-state index is 0.0986. The molecule has 25 heavy (non-hydrogen) atoms. The van der Waals surface area contributed by atoms with Crippen LogP contribution in [0, 0.1) is 6.92 Å². The molecule has 1 heterocycles. The summed E-state index contributed by atoms with van der Waals surface area (Å²) in [7, 11) is -3.94. The third-order valence-corrected chi connectivity index (χ3v) is 5.73. The van der Waals surface area contributed by atoms with Gasteiger partial charge in [0.15, 0.2) is 5.52 Å². The van der Waals surface area contributed by atoms with Crippen molar-refractivity contribution in [3.63, 3.8) is 0 Å². The second-order valence-electron chi connectivity index (χ2n) is 5.22. The lowest BCUT2D eigenvalue weighted by Crippen LogP contribution is -2.33. The van der Waals surface area contributed by atoms with Crippen molar-refractivity contribution in [3.05, 3.63) is 46.4 Å². The van der Waals surface area contributed by atoms with Crippen molar-refractivity contribution in [2.75, 3.05) is 11.9 Å². The van der Waals surface area contributed by atoms with Crippen molar-refractivity contribution in [3.8, 4) is 0 Å². The molecule has 8 nitrogen and oxygen atoms in total. The van der Waals surface area contributed by atoms with Gasteiger partial charge in [0.25, 0.3) is 0 Å². The number of nitrogens with one attached hydrogen (secondary N) is 2. The highest BCUT2D eigenvalue weighted by Gasteiger charge is 2.21. The van der Waals surface area contributed by atoms with Crippen molar-refractivity contribution in [1.82, 2.24) is 15.0 Å². The molecular formula is C15H13BrN4O4S. The number of hydrogen-bond acceptors (Lipinski definition) is 6. The van der Waals surface area contributed by atoms with E-state index in [1.807, 2.05) is 6.92 Å². The second-order valence-corrected chi connectivity index (χ2v) is 7.81. The molecule has 10 heteroatoms. The first-order valence-electron chi connectivity index (χ1n) is 7.14. The largest absolute Gasteiger partial charge is 0.325 e. The summed E-state index contributed by atoms with van der Waals surface area (Å²) in [5, 5.41) is 9.82. The van der Waals surface area contributed by atoms with Crippen LogP contribution in [0.15, 0.2) is 50.4 Å². The van der Waals surface area contributed by atoms with Crippen LogP contribution in [0.4, 0.5) is 5.69 Å². The Kier molecular flexibility index (Phi) is 4.84. The number of hydrogen-bond donors (Lipinski definition) is 2. The van der Waals surface area contributed by atoms with Gasteiger partial charge in [-0.2, -0.15) is 0 Å². The molecule has 130 valence electrons. The summed E-state index contributed by atoms with van der Waals surface area (Å²) in [6.07, 6.45) is 0. The number of benzene rings is 2. The number of carbonyl (C=O) groups is 1. The number of carbonyl (C=O) groups excluding carboxylic acids is 1. The van der Waals surface area contributed by atoms with Crippen molar-refractivity contribution < 1.29 is 17.8 Å². The molecule has 0 atom stereocenters. The molecule has 1 amide bonds. The van der Waals surface area contributed by atoms with Gasteiger partial charge in [-0.1, -0.05) is 22.0 Å². The highest BCUT2D eigenvalue weighted by Crippen LogP contribution is 2.21. The highest BCUT2D eigenvalue weighted by molar-refractivity contribution is 9.10. The maximum absolute atomic E-state index is 12.4. The molecule has 1 aromatic heterocycles. The van der Waals surface area contributed by atoms with Gasteiger partial charge in [0.2, 0.25) is 15.9 Å². The Morgan fingerprint density at radius 1 is 1.24 bits per heavy atom. The summed E-state index contributed by atoms with van der Waals surface area (Å²) < 4.78 is 32.5. The van der Waals surface area contributed by atoms with Crippen LogP contribution in [0.5, 0.6) is 0 Å². The summed E-state index contributed by atoms with van der Waals surface area (Å²) in [5.74, 6) is -0.490. The van der Waals surface area contributed by atoms with Gasteiger partial charge in [-0.15, -0.1) is 0 Å². The van der Waals surface area contributed by atoms with Gasteiger partial charge < -0.3 is 5.32 Å². The third kappa shape index (κ3) is 3.86. The fourth-order valence-corrected chi connectivity index (χ4v) is 3.54. The number of aryl methyl sites for hydroxylation is 1. The van der Waals surface area contributed by atoms with Crippen molar-refractivity contribution >= 4 is 48.6 Å². The summed E-state index contributed by atoms with van der Waals surface area (Å²) in [6.45, 7) is 1.47. The zero-order chi connectivity index (χ0) is 18.0. The number of rotatable bonds is 5. The lowest BCUT2D eigenvalue weighted by molar-refractivity contribution is -0.115. The standard InChI is InChI=1S/C15H13BrN4O4S/c1-9-7-10(5-6-11(9)16)18-14(21)8-17-25(22,23)13-4-2-3-12-15(13)20-24-19-12/h2-7,17H,8H2,1H3,(H,18,21). The number of anilines is 1. The summed E-state index contributed by atoms with van der Waals surface area (Å²) in [6, 6.07) is 9.75. The van der Waals surface area contributed by atoms with Crippen LogP contribution in [-0.4, -0.2) is 31.2 Å². The normalized spacial score (nSPS) is 11.6. The molecule has 0 aliphatic carbocycles. The minimum Gasteiger partial charge on any atom is -0.325 e. The molecule has 3 aromatic rings. The van der Waals surface area contributed by atoms with E-state index in [1.54, 1.807) is 24.3 Å². The van der Waals surface area contributed by atoms with Crippen LogP contribution >= 0.6 is 15.9 Å². The van der Waals surface area contributed by atoms with Crippen molar-refractivity contribution in [2.45, 2.75) is 11.8 Å². The molecule has 0 aliphatic heterocycles. The van der Waals surface area contributed by atoms with Crippen LogP contribution in [0.2, 0.25) is 0 Å². The summed E-state index contributed by atoms with van der Waals surface area (Å²) >= 11 is 3.37. The van der Waals surface area contributed by atoms with Crippen molar-refractivity contribution in [1.29, 1.82) is 0 Å². The van der Waals surface area contributed by atoms with E-state index in [0.29, 0.717) is 11.2 Å². The topological polar surface area (TPSA) is 114 Å². The van der Waals surface area contributed by atoms with Gasteiger partial charge in [-0.05, 0) is 53.1 Å². The molecule has 0 saturated heterocycles. The third-order valence-electron chi connectivity index (χ3n) is 3.40. The predicted molar refractivity (Wildman–Crippen MR) is 94.5 cm³/mol. The van der Waals surface area contributed by atoms with Gasteiger partial charge in [0, 0.05) is 10.2 Å². The van der Waals surface area contributed by atoms with Gasteiger partial charge in [0.05, 0.1) is 6.54 Å². The molecule has 2 aromatic carbocycles. The second kappa shape index (κ2) is 6.90. The maximum atomic E-state index is 12.4. The SMILES string of the molecule is Cc1cc(NC(=O)CNS(=O)(=O)c2cccc3nonc23)ccc1Br. The molecule has 0 aliphatic rings. The van der Waals surface area contributed by atoms with E-state index in [1.165, 1.54) is 12.1 Å². The molecule has 0 radical (unpaired) electrons. The van der Waals surface area contributed by atoms with Crippen LogP contribution in [0.1, 0.15) is 5.56 Å². The first-order chi connectivity index (χ1) is 11.9. The van der Waals surface area contributed by atoms with Crippen LogP contribution in [0.3, 0.4) is 0 Å². The fraction of sp³-hybridized carbons (Fsp3) is 0.133. The van der Waals surface area contributed by atoms with E-state index in [-0.39, 0.29) is 10.4 Å². The number of fused-ring (bicyclic) bond motifs is 1. The number of aromatic nitrogens is 2. The molecule has 3 rings (SSSR count). The number of sulfonamides is 1. The molecule has 0 bridgehead atoms. The Morgan fingerprint density at radius 3 is 2.80 bits per heavy atom. The van der Waals surface area contributed by atoms with Crippen LogP contribution in [-0.2, 0) is 14.8 Å². The molecule has 0 spiro atoms. The smallest absolute Gasteiger partial charge is 0.243 e.